The molecular weight excluding hydrogens is 156 g/mol. The molecule has 4 nitrogen and oxygen atoms in total. The first-order chi connectivity index (χ1) is 5.60. The molecule has 2 rings (SSSR count). The van der Waals surface area contributed by atoms with Gasteiger partial charge in [-0.3, -0.25) is 0 Å². The molecule has 0 unspecified atom stereocenters. The number of nitrogens with one attached hydrogen (secondary N) is 1. The Morgan fingerprint density at radius 3 is 2.58 bits per heavy atom. The normalized spacial score (nSPS) is 27.8. The van der Waals surface area contributed by atoms with Crippen molar-refractivity contribution in [1.82, 2.24) is 10.2 Å². The molecule has 0 aromatic heterocycles. The summed E-state index contributed by atoms with van der Waals surface area (Å²) in [4.78, 5) is 12.5. The minimum absolute atomic E-state index is 0.219. The fraction of sp³-hybridized carbons (Fsp3) is 0.875. The van der Waals surface area contributed by atoms with Gasteiger partial charge in [-0.15, -0.1) is 0 Å². The Balaban J connectivity index is 1.74. The first-order valence-electron chi connectivity index (χ1n) is 4.28. The van der Waals surface area contributed by atoms with Crippen LogP contribution in [0.4, 0.5) is 4.79 Å². The van der Waals surface area contributed by atoms with Gasteiger partial charge < -0.3 is 15.3 Å². The van der Waals surface area contributed by atoms with E-state index in [1.165, 1.54) is 0 Å². The first-order valence-corrected chi connectivity index (χ1v) is 4.28. The van der Waals surface area contributed by atoms with Crippen molar-refractivity contribution in [3.05, 3.63) is 0 Å². The van der Waals surface area contributed by atoms with Gasteiger partial charge in [0.1, 0.15) is 0 Å². The summed E-state index contributed by atoms with van der Waals surface area (Å²) in [6.45, 7) is 2.29. The van der Waals surface area contributed by atoms with Crippen molar-refractivity contribution >= 4 is 6.09 Å². The maximum Gasteiger partial charge on any atom is 0.404 e. The third kappa shape index (κ3) is 1.16. The number of nitrogens with zero attached hydrogens (tertiary/aromatic N) is 1. The molecule has 0 aromatic rings. The molecule has 1 saturated heterocycles. The van der Waals surface area contributed by atoms with E-state index in [2.05, 4.69) is 17.3 Å². The maximum absolute atomic E-state index is 10.3. The molecule has 0 bridgehead atoms. The van der Waals surface area contributed by atoms with Crippen molar-refractivity contribution < 1.29 is 9.90 Å². The molecule has 0 atom stereocenters. The van der Waals surface area contributed by atoms with Gasteiger partial charge in [-0.05, 0) is 25.3 Å². The minimum atomic E-state index is -0.887. The zero-order valence-electron chi connectivity index (χ0n) is 7.21. The lowest BCUT2D eigenvalue weighted by molar-refractivity contribution is -0.0629. The van der Waals surface area contributed by atoms with Crippen LogP contribution in [0.1, 0.15) is 12.8 Å². The third-order valence-electron chi connectivity index (χ3n) is 2.90. The van der Waals surface area contributed by atoms with Crippen LogP contribution >= 0.6 is 0 Å². The van der Waals surface area contributed by atoms with Crippen LogP contribution in [0, 0.1) is 5.41 Å². The van der Waals surface area contributed by atoms with Crippen molar-refractivity contribution in [2.75, 3.05) is 20.1 Å². The first kappa shape index (κ1) is 7.86. The fourth-order valence-electron chi connectivity index (χ4n) is 2.62. The van der Waals surface area contributed by atoms with Gasteiger partial charge in [0, 0.05) is 19.1 Å². The number of hydrogen-bond acceptors (Lipinski definition) is 2. The summed E-state index contributed by atoms with van der Waals surface area (Å²) in [6, 6.07) is 0.219. The molecule has 4 heteroatoms. The molecule has 2 N–H and O–H groups in total. The average Bonchev–Trinajstić information content (AvgIpc) is 1.78. The summed E-state index contributed by atoms with van der Waals surface area (Å²) in [5.74, 6) is 0. The second-order valence-electron chi connectivity index (χ2n) is 4.23. The molecule has 1 spiro atoms. The van der Waals surface area contributed by atoms with Gasteiger partial charge in [-0.25, -0.2) is 4.79 Å². The molecule has 1 amide bonds. The highest BCUT2D eigenvalue weighted by Crippen LogP contribution is 2.47. The van der Waals surface area contributed by atoms with E-state index in [1.807, 2.05) is 0 Å². The molecule has 1 saturated carbocycles. The maximum atomic E-state index is 10.3. The highest BCUT2D eigenvalue weighted by molar-refractivity contribution is 5.65. The summed E-state index contributed by atoms with van der Waals surface area (Å²) < 4.78 is 0. The topological polar surface area (TPSA) is 52.6 Å². The summed E-state index contributed by atoms with van der Waals surface area (Å²) in [5, 5.41) is 11.0. The highest BCUT2D eigenvalue weighted by atomic mass is 16.4. The van der Waals surface area contributed by atoms with Gasteiger partial charge in [-0.1, -0.05) is 0 Å². The fourth-order valence-corrected chi connectivity index (χ4v) is 2.62. The van der Waals surface area contributed by atoms with Crippen molar-refractivity contribution in [2.24, 2.45) is 5.41 Å². The van der Waals surface area contributed by atoms with Crippen LogP contribution in [0.5, 0.6) is 0 Å². The van der Waals surface area contributed by atoms with E-state index in [-0.39, 0.29) is 6.04 Å². The summed E-state index contributed by atoms with van der Waals surface area (Å²) in [5.41, 5.74) is 0.474. The van der Waals surface area contributed by atoms with Gasteiger partial charge >= 0.3 is 6.09 Å². The van der Waals surface area contributed by atoms with Crippen molar-refractivity contribution in [3.8, 4) is 0 Å². The molecular formula is C8H14N2O2. The van der Waals surface area contributed by atoms with E-state index in [0.29, 0.717) is 5.41 Å². The molecule has 68 valence electrons. The van der Waals surface area contributed by atoms with Crippen molar-refractivity contribution in [2.45, 2.75) is 18.9 Å². The molecule has 2 aliphatic rings. The van der Waals surface area contributed by atoms with Crippen LogP contribution in [0.15, 0.2) is 0 Å². The second-order valence-corrected chi connectivity index (χ2v) is 4.23. The quantitative estimate of drug-likeness (QED) is 0.597. The van der Waals surface area contributed by atoms with Crippen LogP contribution in [-0.2, 0) is 0 Å². The molecule has 12 heavy (non-hydrogen) atoms. The van der Waals surface area contributed by atoms with E-state index >= 15 is 0 Å². The average molecular weight is 170 g/mol. The lowest BCUT2D eigenvalue weighted by Gasteiger charge is -2.58. The molecule has 2 fully saturated rings. The largest absolute Gasteiger partial charge is 0.465 e. The van der Waals surface area contributed by atoms with Gasteiger partial charge in [0.15, 0.2) is 0 Å². The van der Waals surface area contributed by atoms with Gasteiger partial charge in [-0.2, -0.15) is 0 Å². The lowest BCUT2D eigenvalue weighted by Crippen LogP contribution is -2.65. The number of hydrogen-bond donors (Lipinski definition) is 2. The molecule has 0 aromatic carbocycles. The summed E-state index contributed by atoms with van der Waals surface area (Å²) in [6.07, 6.45) is 1.18. The van der Waals surface area contributed by atoms with Crippen LogP contribution in [-0.4, -0.2) is 42.3 Å². The van der Waals surface area contributed by atoms with E-state index < -0.39 is 6.09 Å². The van der Waals surface area contributed by atoms with Crippen molar-refractivity contribution in [3.63, 3.8) is 0 Å². The lowest BCUT2D eigenvalue weighted by atomic mass is 9.61. The Labute approximate surface area is 71.5 Å². The van der Waals surface area contributed by atoms with Crippen LogP contribution < -0.4 is 5.32 Å². The zero-order chi connectivity index (χ0) is 8.77. The Kier molecular flexibility index (Phi) is 1.54. The van der Waals surface area contributed by atoms with E-state index in [9.17, 15) is 4.79 Å². The number of carboxylic acid groups (broad SMARTS) is 1. The summed E-state index contributed by atoms with van der Waals surface area (Å²) in [7, 11) is 2.10. The van der Waals surface area contributed by atoms with Crippen LogP contribution in [0.3, 0.4) is 0 Å². The number of likely N-dealkylation sites (tertiary alicyclic amines) is 1. The Morgan fingerprint density at radius 1 is 1.58 bits per heavy atom. The van der Waals surface area contributed by atoms with E-state index in [0.717, 1.165) is 25.9 Å². The Morgan fingerprint density at radius 2 is 2.17 bits per heavy atom. The van der Waals surface area contributed by atoms with Gasteiger partial charge in [0.2, 0.25) is 0 Å². The van der Waals surface area contributed by atoms with Crippen LogP contribution in [0.25, 0.3) is 0 Å². The molecule has 1 aliphatic carbocycles. The van der Waals surface area contributed by atoms with E-state index in [4.69, 9.17) is 5.11 Å². The van der Waals surface area contributed by atoms with Crippen LogP contribution in [0.2, 0.25) is 0 Å². The predicted molar refractivity (Wildman–Crippen MR) is 44.1 cm³/mol. The van der Waals surface area contributed by atoms with Gasteiger partial charge in [0.05, 0.1) is 0 Å². The Bertz CT molecular complexity index is 203. The molecule has 1 aliphatic heterocycles. The minimum Gasteiger partial charge on any atom is -0.465 e. The number of carbonyl (C=O) groups is 1. The zero-order valence-corrected chi connectivity index (χ0v) is 7.21. The standard InChI is InChI=1S/C8H14N2O2/c1-10-4-8(5-10)2-6(3-8)9-7(11)12/h6,9H,2-5H2,1H3,(H,11,12). The molecule has 1 heterocycles. The Hall–Kier alpha value is -0.770. The third-order valence-corrected chi connectivity index (χ3v) is 2.90. The van der Waals surface area contributed by atoms with E-state index in [1.54, 1.807) is 0 Å². The monoisotopic (exact) mass is 170 g/mol. The SMILES string of the molecule is CN1CC2(CC(NC(=O)O)C2)C1. The molecule has 0 radical (unpaired) electrons. The highest BCUT2D eigenvalue weighted by Gasteiger charge is 2.51. The van der Waals surface area contributed by atoms with Crippen molar-refractivity contribution in [1.29, 1.82) is 0 Å². The number of rotatable bonds is 1. The smallest absolute Gasteiger partial charge is 0.404 e. The number of amides is 1. The van der Waals surface area contributed by atoms with Gasteiger partial charge in [0.25, 0.3) is 0 Å². The predicted octanol–water partition coefficient (Wildman–Crippen LogP) is 0.348. The summed E-state index contributed by atoms with van der Waals surface area (Å²) >= 11 is 0. The second kappa shape index (κ2) is 2.36.